The van der Waals surface area contributed by atoms with Gasteiger partial charge in [-0.25, -0.2) is 0 Å². The molecule has 1 unspecified atom stereocenters. The van der Waals surface area contributed by atoms with Gasteiger partial charge in [-0.05, 0) is 66.7 Å². The zero-order valence-corrected chi connectivity index (χ0v) is 30.5. The van der Waals surface area contributed by atoms with E-state index in [1.165, 1.54) is 10.4 Å². The van der Waals surface area contributed by atoms with E-state index in [1.54, 1.807) is 7.11 Å². The van der Waals surface area contributed by atoms with Gasteiger partial charge in [0.15, 0.2) is 5.79 Å². The van der Waals surface area contributed by atoms with Crippen LogP contribution in [0.15, 0.2) is 97.1 Å². The van der Waals surface area contributed by atoms with Crippen molar-refractivity contribution in [2.75, 3.05) is 11.5 Å². The van der Waals surface area contributed by atoms with E-state index >= 15 is 0 Å². The van der Waals surface area contributed by atoms with Gasteiger partial charge in [-0.3, -0.25) is 0 Å². The van der Waals surface area contributed by atoms with E-state index in [0.717, 1.165) is 28.6 Å². The van der Waals surface area contributed by atoms with Gasteiger partial charge in [0.25, 0.3) is 8.32 Å². The molecule has 0 amide bonds. The summed E-state index contributed by atoms with van der Waals surface area (Å²) in [4.78, 5) is 0. The Labute approximate surface area is 279 Å². The third kappa shape index (κ3) is 8.62. The number of benzene rings is 3. The average Bonchev–Trinajstić information content (AvgIpc) is 3.31. The Bertz CT molecular complexity index is 1270. The predicted molar refractivity (Wildman–Crippen MR) is 191 cm³/mol. The minimum Gasteiger partial charge on any atom is -0.497 e. The Balaban J connectivity index is 1.57. The summed E-state index contributed by atoms with van der Waals surface area (Å²) < 4.78 is 33.0. The zero-order valence-electron chi connectivity index (χ0n) is 27.3. The Morgan fingerprint density at radius 3 is 2.02 bits per heavy atom. The van der Waals surface area contributed by atoms with Gasteiger partial charge in [-0.15, -0.1) is 0 Å². The second kappa shape index (κ2) is 15.5. The smallest absolute Gasteiger partial charge is 0.261 e. The van der Waals surface area contributed by atoms with Gasteiger partial charge in [0.1, 0.15) is 18.0 Å². The fraction of sp³-hybridized carbons (Fsp3) is 0.459. The highest BCUT2D eigenvalue weighted by atomic mass is 127. The molecule has 0 aromatic heterocycles. The van der Waals surface area contributed by atoms with Crippen LogP contribution in [0.4, 0.5) is 0 Å². The zero-order chi connectivity index (χ0) is 31.8. The molecule has 44 heavy (non-hydrogen) atoms. The minimum atomic E-state index is -2.64. The predicted octanol–water partition coefficient (Wildman–Crippen LogP) is 7.84. The molecule has 1 aliphatic rings. The summed E-state index contributed by atoms with van der Waals surface area (Å²) >= 11 is 2.41. The molecule has 5 nitrogen and oxygen atoms in total. The highest BCUT2D eigenvalue weighted by Gasteiger charge is 2.51. The number of alkyl halides is 1. The van der Waals surface area contributed by atoms with Crippen molar-refractivity contribution in [1.29, 1.82) is 0 Å². The highest BCUT2D eigenvalue weighted by Crippen LogP contribution is 2.38. The maximum atomic E-state index is 7.30. The van der Waals surface area contributed by atoms with Crippen molar-refractivity contribution in [2.24, 2.45) is 0 Å². The number of hydrogen-bond donors (Lipinski definition) is 0. The monoisotopic (exact) mass is 728 g/mol. The molecule has 0 saturated carbocycles. The number of ether oxygens (including phenoxy) is 4. The molecule has 1 fully saturated rings. The van der Waals surface area contributed by atoms with Crippen LogP contribution in [0.1, 0.15) is 59.9 Å². The average molecular weight is 729 g/mol. The van der Waals surface area contributed by atoms with Crippen molar-refractivity contribution >= 4 is 41.3 Å². The molecule has 0 bridgehead atoms. The van der Waals surface area contributed by atoms with Gasteiger partial charge in [0, 0.05) is 10.5 Å². The van der Waals surface area contributed by atoms with Crippen LogP contribution in [0.2, 0.25) is 5.04 Å². The Kier molecular flexibility index (Phi) is 12.3. The molecule has 1 heterocycles. The molecule has 0 aliphatic carbocycles. The van der Waals surface area contributed by atoms with Crippen molar-refractivity contribution in [2.45, 2.75) is 96.2 Å². The van der Waals surface area contributed by atoms with E-state index in [1.807, 2.05) is 38.1 Å². The van der Waals surface area contributed by atoms with E-state index in [2.05, 4.69) is 123 Å². The molecule has 7 heteroatoms. The van der Waals surface area contributed by atoms with Crippen LogP contribution in [-0.4, -0.2) is 50.1 Å². The number of halogens is 1. The molecule has 1 aliphatic heterocycles. The molecule has 4 atom stereocenters. The molecular formula is C37H49IO5Si. The summed E-state index contributed by atoms with van der Waals surface area (Å²) in [7, 11) is -0.966. The molecule has 3 aromatic rings. The standard InChI is InChI=1S/C37H49IO5Si/c1-28(43-44(36(2,3)4,31-16-10-8-11-17-31)32-18-12-9-13-19-32)15-14-20-33(35-34(25-26-38)41-37(5,6)42-35)40-27-29-21-23-30(39-7)24-22-29/h8-14,16-24,28,33-35H,15,25-27H2,1-7H3/t28-,33?,34+,35-/m1/s1. The topological polar surface area (TPSA) is 46.2 Å². The quantitative estimate of drug-likeness (QED) is 0.0734. The van der Waals surface area contributed by atoms with Crippen molar-refractivity contribution in [1.82, 2.24) is 0 Å². The summed E-state index contributed by atoms with van der Waals surface area (Å²) in [6, 6.07) is 29.6. The third-order valence-corrected chi connectivity index (χ3v) is 13.9. The number of rotatable bonds is 14. The summed E-state index contributed by atoms with van der Waals surface area (Å²) in [5.74, 6) is 0.174. The minimum absolute atomic E-state index is 0.0119. The molecule has 4 rings (SSSR count). The second-order valence-corrected chi connectivity index (χ2v) is 18.3. The molecule has 1 saturated heterocycles. The van der Waals surface area contributed by atoms with E-state index in [-0.39, 0.29) is 29.5 Å². The largest absolute Gasteiger partial charge is 0.497 e. The first kappa shape index (κ1) is 34.9. The van der Waals surface area contributed by atoms with Crippen molar-refractivity contribution in [3.63, 3.8) is 0 Å². The maximum absolute atomic E-state index is 7.30. The normalized spacial score (nSPS) is 20.1. The van der Waals surface area contributed by atoms with Crippen molar-refractivity contribution < 1.29 is 23.4 Å². The van der Waals surface area contributed by atoms with Gasteiger partial charge < -0.3 is 23.4 Å². The fourth-order valence-corrected chi connectivity index (χ4v) is 11.4. The van der Waals surface area contributed by atoms with Crippen LogP contribution in [0.25, 0.3) is 0 Å². The van der Waals surface area contributed by atoms with Crippen LogP contribution in [0.3, 0.4) is 0 Å². The first-order valence-corrected chi connectivity index (χ1v) is 19.0. The number of hydrogen-bond acceptors (Lipinski definition) is 5. The first-order chi connectivity index (χ1) is 21.0. The van der Waals surface area contributed by atoms with E-state index < -0.39 is 14.1 Å². The lowest BCUT2D eigenvalue weighted by Crippen LogP contribution is -2.67. The van der Waals surface area contributed by atoms with Crippen LogP contribution < -0.4 is 15.1 Å². The molecule has 0 radical (unpaired) electrons. The molecule has 3 aromatic carbocycles. The van der Waals surface area contributed by atoms with E-state index in [0.29, 0.717) is 6.61 Å². The highest BCUT2D eigenvalue weighted by molar-refractivity contribution is 14.1. The molecular weight excluding hydrogens is 679 g/mol. The maximum Gasteiger partial charge on any atom is 0.261 e. The van der Waals surface area contributed by atoms with Gasteiger partial charge in [-0.1, -0.05) is 128 Å². The van der Waals surface area contributed by atoms with Gasteiger partial charge in [0.2, 0.25) is 0 Å². The van der Waals surface area contributed by atoms with Crippen LogP contribution in [-0.2, 0) is 25.2 Å². The van der Waals surface area contributed by atoms with Gasteiger partial charge >= 0.3 is 0 Å². The third-order valence-electron chi connectivity index (χ3n) is 8.13. The Morgan fingerprint density at radius 1 is 0.909 bits per heavy atom. The lowest BCUT2D eigenvalue weighted by Gasteiger charge is -2.44. The number of methoxy groups -OCH3 is 1. The summed E-state index contributed by atoms with van der Waals surface area (Å²) in [5, 5.41) is 2.50. The van der Waals surface area contributed by atoms with E-state index in [4.69, 9.17) is 23.4 Å². The molecule has 0 N–H and O–H groups in total. The van der Waals surface area contributed by atoms with Gasteiger partial charge in [0.05, 0.1) is 19.8 Å². The van der Waals surface area contributed by atoms with Crippen LogP contribution in [0, 0.1) is 0 Å². The lowest BCUT2D eigenvalue weighted by atomic mass is 10.0. The van der Waals surface area contributed by atoms with Gasteiger partial charge in [-0.2, -0.15) is 0 Å². The summed E-state index contributed by atoms with van der Waals surface area (Å²) in [6.45, 7) is 13.6. The Hall–Kier alpha value is -2.01. The molecule has 0 spiro atoms. The first-order valence-electron chi connectivity index (χ1n) is 15.6. The summed E-state index contributed by atoms with van der Waals surface area (Å²) in [5.41, 5.74) is 1.08. The van der Waals surface area contributed by atoms with Crippen molar-refractivity contribution in [3.05, 3.63) is 103 Å². The summed E-state index contributed by atoms with van der Waals surface area (Å²) in [6.07, 6.45) is 5.48. The SMILES string of the molecule is COc1ccc(COC(C=CC[C@@H](C)O[Si](c2ccccc2)(c2ccccc2)C(C)(C)C)[C@H]2OC(C)(C)O[C@H]2CCI)cc1. The lowest BCUT2D eigenvalue weighted by molar-refractivity contribution is -0.156. The van der Waals surface area contributed by atoms with E-state index in [9.17, 15) is 0 Å². The van der Waals surface area contributed by atoms with Crippen LogP contribution >= 0.6 is 22.6 Å². The van der Waals surface area contributed by atoms with Crippen molar-refractivity contribution in [3.8, 4) is 5.75 Å². The molecule has 238 valence electrons. The van der Waals surface area contributed by atoms with Crippen LogP contribution in [0.5, 0.6) is 5.75 Å². The Morgan fingerprint density at radius 2 is 1.50 bits per heavy atom. The second-order valence-electron chi connectivity index (χ2n) is 13.0. The fourth-order valence-electron chi connectivity index (χ4n) is 6.09.